The van der Waals surface area contributed by atoms with E-state index < -0.39 is 0 Å². The van der Waals surface area contributed by atoms with Crippen molar-refractivity contribution in [2.24, 2.45) is 35.5 Å². The Hall–Kier alpha value is -2.61. The molecule has 0 radical (unpaired) electrons. The maximum absolute atomic E-state index is 13.2. The van der Waals surface area contributed by atoms with Crippen molar-refractivity contribution >= 4 is 57.9 Å². The van der Waals surface area contributed by atoms with E-state index in [0.29, 0.717) is 48.1 Å². The lowest BCUT2D eigenvalue weighted by molar-refractivity contribution is -0.144. The largest absolute Gasteiger partial charge is 0.466 e. The monoisotopic (exact) mass is 635 g/mol. The summed E-state index contributed by atoms with van der Waals surface area (Å²) >= 11 is 4.75. The smallest absolute Gasteiger partial charge is 0.310 e. The van der Waals surface area contributed by atoms with Crippen molar-refractivity contribution in [1.29, 1.82) is 0 Å². The number of thiol groups is 1. The first-order valence-corrected chi connectivity index (χ1v) is 17.9. The van der Waals surface area contributed by atoms with Crippen LogP contribution in [0.1, 0.15) is 45.1 Å². The summed E-state index contributed by atoms with van der Waals surface area (Å²) in [6.45, 7) is 16.7. The number of esters is 2. The lowest BCUT2D eigenvalue weighted by Crippen LogP contribution is -2.18. The van der Waals surface area contributed by atoms with Gasteiger partial charge in [-0.15, -0.1) is 35.8 Å². The van der Waals surface area contributed by atoms with Crippen LogP contribution in [-0.2, 0) is 37.2 Å². The van der Waals surface area contributed by atoms with E-state index in [2.05, 4.69) is 63.1 Å². The Kier molecular flexibility index (Phi) is 10.7. The number of hydrogen-bond donors (Lipinski definition) is 0. The number of rotatable bonds is 10. The van der Waals surface area contributed by atoms with E-state index in [0.717, 1.165) is 44.8 Å². The van der Waals surface area contributed by atoms with Gasteiger partial charge in [-0.1, -0.05) is 30.9 Å². The molecule has 2 aromatic heterocycles. The maximum Gasteiger partial charge on any atom is 0.310 e. The second-order valence-corrected chi connectivity index (χ2v) is 15.9. The van der Waals surface area contributed by atoms with Crippen molar-refractivity contribution in [3.63, 3.8) is 0 Å². The molecule has 3 aliphatic rings. The van der Waals surface area contributed by atoms with E-state index in [1.54, 1.807) is 22.7 Å². The molecule has 0 N–H and O–H groups in total. The van der Waals surface area contributed by atoms with Crippen LogP contribution in [0.3, 0.4) is 0 Å². The number of ether oxygens (including phenoxy) is 2. The predicted octanol–water partition coefficient (Wildman–Crippen LogP) is 6.25. The van der Waals surface area contributed by atoms with Crippen LogP contribution in [0.5, 0.6) is 0 Å². The van der Waals surface area contributed by atoms with Gasteiger partial charge in [-0.2, -0.15) is 0 Å². The summed E-state index contributed by atoms with van der Waals surface area (Å²) in [5, 5.41) is 0.523. The van der Waals surface area contributed by atoms with Gasteiger partial charge in [-0.25, -0.2) is 0 Å². The average molecular weight is 636 g/mol. The van der Waals surface area contributed by atoms with Crippen LogP contribution in [0.4, 0.5) is 0 Å². The first kappa shape index (κ1) is 31.8. The van der Waals surface area contributed by atoms with Gasteiger partial charge in [0.2, 0.25) is 0 Å². The third-order valence-corrected chi connectivity index (χ3v) is 12.7. The highest BCUT2D eigenvalue weighted by Crippen LogP contribution is 2.41. The molecule has 1 aliphatic heterocycles. The van der Waals surface area contributed by atoms with Gasteiger partial charge in [-0.3, -0.25) is 9.59 Å². The van der Waals surface area contributed by atoms with Crippen molar-refractivity contribution < 1.29 is 19.1 Å². The molecule has 7 atom stereocenters. The maximum atomic E-state index is 13.2. The van der Waals surface area contributed by atoms with Crippen molar-refractivity contribution in [3.05, 3.63) is 91.5 Å². The molecule has 3 heterocycles. The zero-order valence-corrected chi connectivity index (χ0v) is 27.7. The first-order valence-electron chi connectivity index (χ1n) is 15.3. The van der Waals surface area contributed by atoms with Gasteiger partial charge in [0.25, 0.3) is 0 Å². The number of allylic oxidation sites excluding steroid dienone is 4. The first-order chi connectivity index (χ1) is 20.7. The second kappa shape index (κ2) is 14.4. The third kappa shape index (κ3) is 8.11. The lowest BCUT2D eigenvalue weighted by Gasteiger charge is -2.16. The molecule has 2 aliphatic carbocycles. The van der Waals surface area contributed by atoms with Gasteiger partial charge in [0.05, 0.1) is 24.2 Å². The van der Waals surface area contributed by atoms with Crippen LogP contribution >= 0.6 is 22.7 Å². The fraction of sp³-hybridized carbons (Fsp3) is 0.444. The summed E-state index contributed by atoms with van der Waals surface area (Å²) in [7, 11) is 0. The SMILES string of the molecule is C=CC1CC(/C=C/C2CC(C=C)C(COC(=O)Cc3c/c(=C4/C=CC(C)[SH+]4)s/c3=c3\ccc(=C)s3)C2)C(COC(C)=O)C1. The van der Waals surface area contributed by atoms with Crippen LogP contribution in [0.25, 0.3) is 11.5 Å². The number of hydrogen-bond acceptors (Lipinski definition) is 6. The quantitative estimate of drug-likeness (QED) is 0.134. The van der Waals surface area contributed by atoms with Crippen molar-refractivity contribution in [2.75, 3.05) is 13.2 Å². The highest BCUT2D eigenvalue weighted by Gasteiger charge is 2.35. The fourth-order valence-electron chi connectivity index (χ4n) is 6.67. The predicted molar refractivity (Wildman–Crippen MR) is 182 cm³/mol. The van der Waals surface area contributed by atoms with Gasteiger partial charge >= 0.3 is 11.9 Å². The molecule has 2 aromatic rings. The van der Waals surface area contributed by atoms with E-state index in [4.69, 9.17) is 9.47 Å². The van der Waals surface area contributed by atoms with E-state index in [1.165, 1.54) is 28.1 Å². The lowest BCUT2D eigenvalue weighted by atomic mass is 9.94. The standard InChI is InChI=1S/C36H42O4S3/c1-6-25-14-28(31(15-25)20-39-24(5)37)11-10-26-16-27(7-2)30(17-26)21-40-35(38)19-29-18-34(32-12-8-22(3)41-32)43-36(29)33-13-9-23(4)42-33/h6-13,18,22,25-28,30-31H,1-2,4,14-17,19-21H2,3,5H3/p+1/b11-10+,34-32+,36-33+. The van der Waals surface area contributed by atoms with Gasteiger partial charge in [0.1, 0.15) is 5.25 Å². The third-order valence-electron chi connectivity index (χ3n) is 8.95. The fourth-order valence-corrected chi connectivity index (χ4v) is 9.99. The summed E-state index contributed by atoms with van der Waals surface area (Å²) in [6.07, 6.45) is 17.5. The molecule has 7 unspecified atom stereocenters. The molecule has 43 heavy (non-hydrogen) atoms. The zero-order valence-electron chi connectivity index (χ0n) is 25.2. The molecular formula is C36H43O4S3+. The Morgan fingerprint density at radius 2 is 1.70 bits per heavy atom. The number of carbonyl (C=O) groups excluding carboxylic acids is 2. The highest BCUT2D eigenvalue weighted by molar-refractivity contribution is 7.89. The van der Waals surface area contributed by atoms with Crippen LogP contribution < -0.4 is 9.06 Å². The van der Waals surface area contributed by atoms with E-state index in [-0.39, 0.29) is 24.3 Å². The molecule has 0 aromatic carbocycles. The summed E-state index contributed by atoms with van der Waals surface area (Å²) in [5.74, 6) is 1.79. The summed E-state index contributed by atoms with van der Waals surface area (Å²) in [6, 6.07) is 6.33. The van der Waals surface area contributed by atoms with Crippen LogP contribution in [0.2, 0.25) is 0 Å². The number of carbonyl (C=O) groups is 2. The van der Waals surface area contributed by atoms with E-state index >= 15 is 0 Å². The molecule has 0 bridgehead atoms. The van der Waals surface area contributed by atoms with Crippen molar-refractivity contribution in [1.82, 2.24) is 0 Å². The van der Waals surface area contributed by atoms with Crippen LogP contribution in [0.15, 0.2) is 67.8 Å². The molecule has 4 nitrogen and oxygen atoms in total. The van der Waals surface area contributed by atoms with Crippen LogP contribution in [-0.4, -0.2) is 30.4 Å². The second-order valence-electron chi connectivity index (χ2n) is 12.2. The van der Waals surface area contributed by atoms with Crippen molar-refractivity contribution in [3.8, 4) is 0 Å². The average Bonchev–Trinajstić information content (AvgIpc) is 3.80. The highest BCUT2D eigenvalue weighted by atomic mass is 32.2. The van der Waals surface area contributed by atoms with Gasteiger partial charge in [0.15, 0.2) is 4.91 Å². The Morgan fingerprint density at radius 3 is 2.37 bits per heavy atom. The van der Waals surface area contributed by atoms with Gasteiger partial charge in [-0.05, 0) is 104 Å². The minimum Gasteiger partial charge on any atom is -0.466 e. The molecule has 2 saturated carbocycles. The number of thiophene rings is 2. The van der Waals surface area contributed by atoms with Crippen LogP contribution in [0, 0.1) is 44.6 Å². The molecule has 228 valence electrons. The molecule has 5 rings (SSSR count). The van der Waals surface area contributed by atoms with Gasteiger partial charge in [0, 0.05) is 32.3 Å². The Labute approximate surface area is 267 Å². The topological polar surface area (TPSA) is 52.6 Å². The molecule has 0 saturated heterocycles. The Bertz CT molecular complexity index is 1610. The summed E-state index contributed by atoms with van der Waals surface area (Å²) < 4.78 is 15.9. The molecule has 0 spiro atoms. The minimum atomic E-state index is -0.222. The molecule has 0 amide bonds. The molecule has 7 heteroatoms. The Morgan fingerprint density at radius 1 is 0.953 bits per heavy atom. The van der Waals surface area contributed by atoms with E-state index in [9.17, 15) is 9.59 Å². The Balaban J connectivity index is 1.23. The molecular weight excluding hydrogens is 593 g/mol. The molecule has 2 fully saturated rings. The normalized spacial score (nSPS) is 30.6. The van der Waals surface area contributed by atoms with Gasteiger partial charge < -0.3 is 9.47 Å². The van der Waals surface area contributed by atoms with Crippen molar-refractivity contribution in [2.45, 2.75) is 51.2 Å². The summed E-state index contributed by atoms with van der Waals surface area (Å²) in [5.41, 5.74) is 1.03. The summed E-state index contributed by atoms with van der Waals surface area (Å²) in [4.78, 5) is 25.9. The van der Waals surface area contributed by atoms with E-state index in [1.807, 2.05) is 18.2 Å². The zero-order chi connectivity index (χ0) is 30.5. The minimum absolute atomic E-state index is 0.175.